The van der Waals surface area contributed by atoms with Crippen LogP contribution in [0.3, 0.4) is 0 Å². The molecule has 9 heteroatoms. The van der Waals surface area contributed by atoms with E-state index in [0.717, 1.165) is 21.9 Å². The molecular weight excluding hydrogens is 538 g/mol. The summed E-state index contributed by atoms with van der Waals surface area (Å²) in [5, 5.41) is 2.90. The quantitative estimate of drug-likeness (QED) is 0.275. The van der Waals surface area contributed by atoms with Crippen LogP contribution in [0.5, 0.6) is 5.75 Å². The van der Waals surface area contributed by atoms with E-state index in [4.69, 9.17) is 4.74 Å². The van der Waals surface area contributed by atoms with Gasteiger partial charge in [-0.05, 0) is 75.1 Å². The van der Waals surface area contributed by atoms with Gasteiger partial charge < -0.3 is 15.0 Å². The first-order valence-corrected chi connectivity index (χ1v) is 15.6. The first-order valence-electron chi connectivity index (χ1n) is 14.1. The third-order valence-electron chi connectivity index (χ3n) is 6.74. The van der Waals surface area contributed by atoms with Crippen molar-refractivity contribution in [1.82, 2.24) is 10.2 Å². The van der Waals surface area contributed by atoms with E-state index in [0.29, 0.717) is 37.4 Å². The summed E-state index contributed by atoms with van der Waals surface area (Å²) in [6.45, 7) is 8.35. The standard InChI is InChI=1S/C32H41N3O5S/c1-5-22-33-32(37)30(6-2)34(23-21-26-11-9-8-10-12-26)31(36)24-35(27-15-13-25(4)14-16-27)41(38,39)29-19-17-28(18-20-29)40-7-3/h8-20,30H,5-7,21-24H2,1-4H3,(H,33,37)/t30-/m0/s1. The fourth-order valence-electron chi connectivity index (χ4n) is 4.50. The fraction of sp³-hybridized carbons (Fsp3) is 0.375. The van der Waals surface area contributed by atoms with Crippen molar-refractivity contribution in [2.24, 2.45) is 0 Å². The third kappa shape index (κ3) is 8.57. The minimum atomic E-state index is -4.13. The molecule has 0 aliphatic heterocycles. The maximum absolute atomic E-state index is 14.0. The Morgan fingerprint density at radius 1 is 0.902 bits per heavy atom. The maximum atomic E-state index is 14.0. The average molecular weight is 580 g/mol. The lowest BCUT2D eigenvalue weighted by Crippen LogP contribution is -2.53. The molecule has 0 fully saturated rings. The lowest BCUT2D eigenvalue weighted by Gasteiger charge is -2.33. The maximum Gasteiger partial charge on any atom is 0.264 e. The number of hydrogen-bond acceptors (Lipinski definition) is 5. The van der Waals surface area contributed by atoms with Gasteiger partial charge in [-0.1, -0.05) is 61.9 Å². The molecule has 220 valence electrons. The molecule has 3 aromatic carbocycles. The summed E-state index contributed by atoms with van der Waals surface area (Å²) >= 11 is 0. The molecule has 0 aliphatic rings. The first-order chi connectivity index (χ1) is 19.7. The number of nitrogens with zero attached hydrogens (tertiary/aromatic N) is 2. The van der Waals surface area contributed by atoms with Crippen LogP contribution in [0, 0.1) is 6.92 Å². The molecule has 0 radical (unpaired) electrons. The number of amides is 2. The first kappa shape index (κ1) is 31.7. The molecule has 0 aliphatic carbocycles. The molecule has 3 rings (SSSR count). The van der Waals surface area contributed by atoms with Crippen LogP contribution in [-0.4, -0.2) is 57.4 Å². The smallest absolute Gasteiger partial charge is 0.264 e. The van der Waals surface area contributed by atoms with Gasteiger partial charge in [-0.25, -0.2) is 8.42 Å². The van der Waals surface area contributed by atoms with Crippen LogP contribution in [0.25, 0.3) is 0 Å². The zero-order valence-electron chi connectivity index (χ0n) is 24.4. The molecule has 0 spiro atoms. The van der Waals surface area contributed by atoms with Gasteiger partial charge in [-0.15, -0.1) is 0 Å². The van der Waals surface area contributed by atoms with Gasteiger partial charge in [0.15, 0.2) is 0 Å². The Morgan fingerprint density at radius 3 is 2.15 bits per heavy atom. The van der Waals surface area contributed by atoms with Crippen molar-refractivity contribution in [2.75, 3.05) is 30.5 Å². The Kier molecular flexibility index (Phi) is 11.8. The number of sulfonamides is 1. The zero-order chi connectivity index (χ0) is 29.8. The highest BCUT2D eigenvalue weighted by molar-refractivity contribution is 7.92. The highest BCUT2D eigenvalue weighted by atomic mass is 32.2. The van der Waals surface area contributed by atoms with E-state index in [1.54, 1.807) is 36.4 Å². The predicted molar refractivity (Wildman–Crippen MR) is 163 cm³/mol. The van der Waals surface area contributed by atoms with Crippen molar-refractivity contribution in [1.29, 1.82) is 0 Å². The molecule has 1 atom stereocenters. The predicted octanol–water partition coefficient (Wildman–Crippen LogP) is 4.97. The van der Waals surface area contributed by atoms with E-state index in [-0.39, 0.29) is 17.3 Å². The number of nitrogens with one attached hydrogen (secondary N) is 1. The monoisotopic (exact) mass is 579 g/mol. The van der Waals surface area contributed by atoms with E-state index in [1.807, 2.05) is 58.0 Å². The Labute approximate surface area is 244 Å². The van der Waals surface area contributed by atoms with Crippen molar-refractivity contribution in [3.05, 3.63) is 90.0 Å². The Morgan fingerprint density at radius 2 is 1.56 bits per heavy atom. The molecule has 0 saturated heterocycles. The summed E-state index contributed by atoms with van der Waals surface area (Å²) < 4.78 is 34.5. The van der Waals surface area contributed by atoms with Crippen LogP contribution >= 0.6 is 0 Å². The lowest BCUT2D eigenvalue weighted by molar-refractivity contribution is -0.139. The molecule has 0 heterocycles. The van der Waals surface area contributed by atoms with E-state index in [2.05, 4.69) is 5.32 Å². The molecular formula is C32H41N3O5S. The number of benzene rings is 3. The minimum Gasteiger partial charge on any atom is -0.494 e. The van der Waals surface area contributed by atoms with Crippen LogP contribution in [0.2, 0.25) is 0 Å². The van der Waals surface area contributed by atoms with Gasteiger partial charge in [-0.2, -0.15) is 0 Å². The number of hydrogen-bond donors (Lipinski definition) is 1. The van der Waals surface area contributed by atoms with Crippen LogP contribution in [0.1, 0.15) is 44.7 Å². The summed E-state index contributed by atoms with van der Waals surface area (Å²) in [4.78, 5) is 28.7. The van der Waals surface area contributed by atoms with Gasteiger partial charge in [0.05, 0.1) is 17.2 Å². The lowest BCUT2D eigenvalue weighted by atomic mass is 10.1. The number of aryl methyl sites for hydroxylation is 1. The van der Waals surface area contributed by atoms with Gasteiger partial charge in [0.1, 0.15) is 18.3 Å². The molecule has 0 unspecified atom stereocenters. The second-order valence-corrected chi connectivity index (χ2v) is 11.7. The fourth-order valence-corrected chi connectivity index (χ4v) is 5.92. The van der Waals surface area contributed by atoms with E-state index < -0.39 is 28.5 Å². The normalized spacial score (nSPS) is 11.9. The zero-order valence-corrected chi connectivity index (χ0v) is 25.2. The minimum absolute atomic E-state index is 0.0397. The summed E-state index contributed by atoms with van der Waals surface area (Å²) in [5.41, 5.74) is 2.34. The summed E-state index contributed by atoms with van der Waals surface area (Å²) in [5.74, 6) is -0.137. The largest absolute Gasteiger partial charge is 0.494 e. The van der Waals surface area contributed by atoms with Crippen molar-refractivity contribution < 1.29 is 22.7 Å². The molecule has 8 nitrogen and oxygen atoms in total. The molecule has 0 aromatic heterocycles. The highest BCUT2D eigenvalue weighted by Crippen LogP contribution is 2.26. The molecule has 41 heavy (non-hydrogen) atoms. The van der Waals surface area contributed by atoms with Crippen molar-refractivity contribution in [3.63, 3.8) is 0 Å². The third-order valence-corrected chi connectivity index (χ3v) is 8.53. The Hall–Kier alpha value is -3.85. The van der Waals surface area contributed by atoms with Gasteiger partial charge in [0.2, 0.25) is 11.8 Å². The van der Waals surface area contributed by atoms with E-state index >= 15 is 0 Å². The number of carbonyl (C=O) groups excluding carboxylic acids is 2. The Balaban J connectivity index is 1.99. The highest BCUT2D eigenvalue weighted by Gasteiger charge is 2.33. The van der Waals surface area contributed by atoms with Crippen LogP contribution in [0.4, 0.5) is 5.69 Å². The molecule has 2 amide bonds. The van der Waals surface area contributed by atoms with Gasteiger partial charge in [0.25, 0.3) is 10.0 Å². The number of anilines is 1. The SMILES string of the molecule is CCCNC(=O)[C@H](CC)N(CCc1ccccc1)C(=O)CN(c1ccc(C)cc1)S(=O)(=O)c1ccc(OCC)cc1. The number of carbonyl (C=O) groups is 2. The second-order valence-electron chi connectivity index (χ2n) is 9.79. The average Bonchev–Trinajstić information content (AvgIpc) is 2.98. The summed E-state index contributed by atoms with van der Waals surface area (Å²) in [6.07, 6.45) is 1.69. The Bertz CT molecular complexity index is 1360. The number of rotatable bonds is 15. The van der Waals surface area contributed by atoms with Crippen molar-refractivity contribution in [3.8, 4) is 5.75 Å². The second kappa shape index (κ2) is 15.2. The summed E-state index contributed by atoms with van der Waals surface area (Å²) in [6, 6.07) is 22.1. The number of ether oxygens (including phenoxy) is 1. The molecule has 0 bridgehead atoms. The van der Waals surface area contributed by atoms with E-state index in [1.165, 1.54) is 17.0 Å². The summed E-state index contributed by atoms with van der Waals surface area (Å²) in [7, 11) is -4.13. The van der Waals surface area contributed by atoms with Crippen LogP contribution in [0.15, 0.2) is 83.8 Å². The molecule has 3 aromatic rings. The molecule has 0 saturated carbocycles. The van der Waals surface area contributed by atoms with Crippen molar-refractivity contribution in [2.45, 2.75) is 57.9 Å². The van der Waals surface area contributed by atoms with Gasteiger partial charge in [0, 0.05) is 13.1 Å². The van der Waals surface area contributed by atoms with Crippen LogP contribution < -0.4 is 14.4 Å². The van der Waals surface area contributed by atoms with Gasteiger partial charge >= 0.3 is 0 Å². The van der Waals surface area contributed by atoms with Crippen molar-refractivity contribution >= 4 is 27.5 Å². The topological polar surface area (TPSA) is 96.0 Å². The molecule has 1 N–H and O–H groups in total. The van der Waals surface area contributed by atoms with Crippen LogP contribution in [-0.2, 0) is 26.0 Å². The van der Waals surface area contributed by atoms with E-state index in [9.17, 15) is 18.0 Å². The van der Waals surface area contributed by atoms with Gasteiger partial charge in [-0.3, -0.25) is 13.9 Å².